The number of benzene rings is 1. The average molecular weight is 273 g/mol. The van der Waals surface area contributed by atoms with Gasteiger partial charge in [-0.3, -0.25) is 9.59 Å². The molecule has 1 rings (SSSR count). The lowest BCUT2D eigenvalue weighted by atomic mass is 9.89. The van der Waals surface area contributed by atoms with Crippen LogP contribution >= 0.6 is 0 Å². The highest BCUT2D eigenvalue weighted by atomic mass is 16.4. The average Bonchev–Trinajstić information content (AvgIpc) is 2.46. The van der Waals surface area contributed by atoms with Crippen LogP contribution in [0.4, 0.5) is 0 Å². The molecule has 20 heavy (non-hydrogen) atoms. The van der Waals surface area contributed by atoms with Gasteiger partial charge in [-0.1, -0.05) is 17.3 Å². The molecule has 0 heterocycles. The zero-order chi connectivity index (χ0) is 15.1. The second-order valence-electron chi connectivity index (χ2n) is 3.86. The van der Waals surface area contributed by atoms with Crippen LogP contribution in [0.25, 0.3) is 0 Å². The molecule has 0 radical (unpaired) electrons. The number of carboxylic acid groups (broad SMARTS) is 1. The van der Waals surface area contributed by atoms with Crippen molar-refractivity contribution in [2.24, 2.45) is 5.16 Å². The topological polar surface area (TPSA) is 104 Å². The zero-order valence-electron chi connectivity index (χ0n) is 10.3. The maximum Gasteiger partial charge on any atom is 0.335 e. The van der Waals surface area contributed by atoms with Crippen molar-refractivity contribution in [3.05, 3.63) is 35.4 Å². The molecule has 6 nitrogen and oxygen atoms in total. The fraction of sp³-hybridized carbons (Fsp3) is 0.143. The van der Waals surface area contributed by atoms with Crippen molar-refractivity contribution in [3.8, 4) is 12.3 Å². The Bertz CT molecular complexity index is 595. The molecule has 2 N–H and O–H groups in total. The first-order chi connectivity index (χ1) is 9.54. The summed E-state index contributed by atoms with van der Waals surface area (Å²) in [5.41, 5.74) is 0.175. The molecule has 0 aliphatic rings. The number of ketones is 1. The molecule has 0 saturated carbocycles. The maximum absolute atomic E-state index is 11.4. The van der Waals surface area contributed by atoms with E-state index in [1.165, 1.54) is 24.3 Å². The Morgan fingerprint density at radius 2 is 1.95 bits per heavy atom. The van der Waals surface area contributed by atoms with Crippen LogP contribution in [-0.2, 0) is 9.59 Å². The Morgan fingerprint density at radius 3 is 2.35 bits per heavy atom. The van der Waals surface area contributed by atoms with Gasteiger partial charge in [0, 0.05) is 12.3 Å². The van der Waals surface area contributed by atoms with E-state index in [1.807, 2.05) is 0 Å². The van der Waals surface area contributed by atoms with Crippen LogP contribution in [0.1, 0.15) is 28.3 Å². The van der Waals surface area contributed by atoms with Gasteiger partial charge in [-0.05, 0) is 17.7 Å². The molecule has 0 aliphatic carbocycles. The lowest BCUT2D eigenvalue weighted by molar-refractivity contribution is -0.125. The van der Waals surface area contributed by atoms with E-state index in [-0.39, 0.29) is 24.0 Å². The SMILES string of the molecule is C#CCC(/C(=N/O)C(=O)C=O)c1ccc(C(=O)O)cc1. The molecule has 0 saturated heterocycles. The van der Waals surface area contributed by atoms with Crippen LogP contribution in [-0.4, -0.2) is 34.1 Å². The predicted molar refractivity (Wildman–Crippen MR) is 69.9 cm³/mol. The minimum absolute atomic E-state index is 0.0319. The van der Waals surface area contributed by atoms with Gasteiger partial charge in [-0.25, -0.2) is 4.79 Å². The highest BCUT2D eigenvalue weighted by molar-refractivity contribution is 6.60. The molecule has 0 amide bonds. The second-order valence-corrected chi connectivity index (χ2v) is 3.86. The fourth-order valence-electron chi connectivity index (χ4n) is 1.70. The standard InChI is InChI=1S/C14H11NO5/c1-2-3-11(13(15-20)12(17)8-16)9-4-6-10(7-5-9)14(18)19/h1,4-8,11,20H,3H2,(H,18,19)/b15-13-. The number of hydrogen-bond donors (Lipinski definition) is 2. The lowest BCUT2D eigenvalue weighted by Crippen LogP contribution is -2.23. The number of nitrogens with zero attached hydrogens (tertiary/aromatic N) is 1. The monoisotopic (exact) mass is 273 g/mol. The summed E-state index contributed by atoms with van der Waals surface area (Å²) in [5.74, 6) is -0.521. The third-order valence-corrected chi connectivity index (χ3v) is 2.68. The summed E-state index contributed by atoms with van der Waals surface area (Å²) < 4.78 is 0. The molecular weight excluding hydrogens is 262 g/mol. The first kappa shape index (κ1) is 15.1. The molecule has 1 atom stereocenters. The van der Waals surface area contributed by atoms with Gasteiger partial charge in [-0.15, -0.1) is 12.3 Å². The molecule has 1 aromatic rings. The quantitative estimate of drug-likeness (QED) is 0.202. The molecule has 1 aromatic carbocycles. The van der Waals surface area contributed by atoms with Gasteiger partial charge < -0.3 is 10.3 Å². The maximum atomic E-state index is 11.4. The molecule has 6 heteroatoms. The predicted octanol–water partition coefficient (Wildman–Crippen LogP) is 1.09. The largest absolute Gasteiger partial charge is 0.478 e. The number of aromatic carboxylic acids is 1. The summed E-state index contributed by atoms with van der Waals surface area (Å²) in [6.07, 6.45) is 5.26. The van der Waals surface area contributed by atoms with Gasteiger partial charge in [0.2, 0.25) is 5.78 Å². The Balaban J connectivity index is 3.20. The highest BCUT2D eigenvalue weighted by Crippen LogP contribution is 2.22. The Hall–Kier alpha value is -2.94. The number of Topliss-reactive ketones (excluding diaryl/α,β-unsaturated/α-hetero) is 1. The second kappa shape index (κ2) is 6.85. The van der Waals surface area contributed by atoms with Crippen LogP contribution in [0.15, 0.2) is 29.4 Å². The van der Waals surface area contributed by atoms with E-state index in [1.54, 1.807) is 0 Å². The molecule has 0 spiro atoms. The molecule has 102 valence electrons. The normalized spacial score (nSPS) is 12.2. The number of rotatable bonds is 6. The smallest absolute Gasteiger partial charge is 0.335 e. The lowest BCUT2D eigenvalue weighted by Gasteiger charge is -2.14. The molecular formula is C14H11NO5. The Kier molecular flexibility index (Phi) is 5.18. The van der Waals surface area contributed by atoms with Crippen molar-refractivity contribution in [1.82, 2.24) is 0 Å². The van der Waals surface area contributed by atoms with E-state index >= 15 is 0 Å². The van der Waals surface area contributed by atoms with E-state index in [9.17, 15) is 14.4 Å². The fourth-order valence-corrected chi connectivity index (χ4v) is 1.70. The summed E-state index contributed by atoms with van der Waals surface area (Å²) in [7, 11) is 0. The van der Waals surface area contributed by atoms with E-state index in [0.29, 0.717) is 5.56 Å². The summed E-state index contributed by atoms with van der Waals surface area (Å²) in [5, 5.41) is 20.5. The minimum Gasteiger partial charge on any atom is -0.478 e. The molecule has 0 aliphatic heterocycles. The zero-order valence-corrected chi connectivity index (χ0v) is 10.3. The minimum atomic E-state index is -1.09. The van der Waals surface area contributed by atoms with Crippen molar-refractivity contribution >= 4 is 23.8 Å². The van der Waals surface area contributed by atoms with Crippen LogP contribution < -0.4 is 0 Å². The summed E-state index contributed by atoms with van der Waals surface area (Å²) in [4.78, 5) is 32.7. The van der Waals surface area contributed by atoms with Gasteiger partial charge in [0.15, 0.2) is 6.29 Å². The van der Waals surface area contributed by atoms with E-state index in [0.717, 1.165) is 0 Å². The van der Waals surface area contributed by atoms with Crippen LogP contribution in [0, 0.1) is 12.3 Å². The number of oxime groups is 1. The highest BCUT2D eigenvalue weighted by Gasteiger charge is 2.24. The summed E-state index contributed by atoms with van der Waals surface area (Å²) >= 11 is 0. The molecule has 1 unspecified atom stereocenters. The summed E-state index contributed by atoms with van der Waals surface area (Å²) in [6.45, 7) is 0. The number of carbonyl (C=O) groups excluding carboxylic acids is 2. The number of carbonyl (C=O) groups is 3. The first-order valence-corrected chi connectivity index (χ1v) is 5.53. The third-order valence-electron chi connectivity index (χ3n) is 2.68. The van der Waals surface area contributed by atoms with Gasteiger partial charge >= 0.3 is 5.97 Å². The molecule has 0 fully saturated rings. The van der Waals surface area contributed by atoms with Crippen LogP contribution in [0.3, 0.4) is 0 Å². The van der Waals surface area contributed by atoms with E-state index < -0.39 is 17.7 Å². The van der Waals surface area contributed by atoms with Crippen LogP contribution in [0.5, 0.6) is 0 Å². The van der Waals surface area contributed by atoms with Crippen molar-refractivity contribution in [2.75, 3.05) is 0 Å². The van der Waals surface area contributed by atoms with E-state index in [4.69, 9.17) is 16.7 Å². The van der Waals surface area contributed by atoms with Crippen molar-refractivity contribution in [1.29, 1.82) is 0 Å². The summed E-state index contributed by atoms with van der Waals surface area (Å²) in [6, 6.07) is 5.58. The van der Waals surface area contributed by atoms with Crippen molar-refractivity contribution < 1.29 is 24.7 Å². The van der Waals surface area contributed by atoms with Crippen LogP contribution in [0.2, 0.25) is 0 Å². The number of aldehydes is 1. The number of terminal acetylenes is 1. The number of carboxylic acids is 1. The molecule has 0 bridgehead atoms. The van der Waals surface area contributed by atoms with E-state index in [2.05, 4.69) is 11.1 Å². The Morgan fingerprint density at radius 1 is 1.35 bits per heavy atom. The first-order valence-electron chi connectivity index (χ1n) is 5.53. The van der Waals surface area contributed by atoms with Crippen molar-refractivity contribution in [2.45, 2.75) is 12.3 Å². The molecule has 0 aromatic heterocycles. The third kappa shape index (κ3) is 3.29. The van der Waals surface area contributed by atoms with Gasteiger partial charge in [-0.2, -0.15) is 0 Å². The number of hydrogen-bond acceptors (Lipinski definition) is 5. The van der Waals surface area contributed by atoms with Gasteiger partial charge in [0.1, 0.15) is 5.71 Å². The van der Waals surface area contributed by atoms with Gasteiger partial charge in [0.05, 0.1) is 5.56 Å². The Labute approximate surface area is 114 Å². The van der Waals surface area contributed by atoms with Gasteiger partial charge in [0.25, 0.3) is 0 Å². The van der Waals surface area contributed by atoms with Crippen molar-refractivity contribution in [3.63, 3.8) is 0 Å².